The van der Waals surface area contributed by atoms with Gasteiger partial charge in [-0.15, -0.1) is 0 Å². The summed E-state index contributed by atoms with van der Waals surface area (Å²) in [5.74, 6) is 0. The van der Waals surface area contributed by atoms with Crippen LogP contribution in [0.5, 0.6) is 0 Å². The average Bonchev–Trinajstić information content (AvgIpc) is 2.80. The Bertz CT molecular complexity index is 969. The van der Waals surface area contributed by atoms with Crippen molar-refractivity contribution >= 4 is 49.9 Å². The summed E-state index contributed by atoms with van der Waals surface area (Å²) in [5.41, 5.74) is 1.62. The Morgan fingerprint density at radius 2 is 1.77 bits per heavy atom. The third-order valence-corrected chi connectivity index (χ3v) is 5.01. The quantitative estimate of drug-likeness (QED) is 0.782. The minimum absolute atomic E-state index is 0.0825. The Labute approximate surface area is 136 Å². The van der Waals surface area contributed by atoms with E-state index in [0.717, 1.165) is 0 Å². The summed E-state index contributed by atoms with van der Waals surface area (Å²) in [5, 5.41) is 8.64. The summed E-state index contributed by atoms with van der Waals surface area (Å²) >= 11 is 11.8. The van der Waals surface area contributed by atoms with E-state index in [0.29, 0.717) is 16.7 Å². The van der Waals surface area contributed by atoms with Gasteiger partial charge in [0.15, 0.2) is 0 Å². The predicted octanol–water partition coefficient (Wildman–Crippen LogP) is 3.08. The van der Waals surface area contributed by atoms with E-state index in [1.807, 2.05) is 0 Å². The number of aromatic nitrogens is 3. The van der Waals surface area contributed by atoms with Crippen molar-refractivity contribution in [3.63, 3.8) is 0 Å². The van der Waals surface area contributed by atoms with Crippen molar-refractivity contribution in [2.45, 2.75) is 4.90 Å². The summed E-state index contributed by atoms with van der Waals surface area (Å²) in [6, 6.07) is 9.14. The molecule has 1 heterocycles. The zero-order chi connectivity index (χ0) is 15.9. The van der Waals surface area contributed by atoms with E-state index in [4.69, 9.17) is 23.2 Å². The molecule has 0 radical (unpaired) electrons. The lowest BCUT2D eigenvalue weighted by Gasteiger charge is -2.09. The smallest absolute Gasteiger partial charge is 0.263 e. The third-order valence-electron chi connectivity index (χ3n) is 2.92. The molecule has 3 aromatic rings. The second kappa shape index (κ2) is 5.42. The Balaban J connectivity index is 2.00. The number of nitrogens with one attached hydrogen (secondary N) is 1. The SMILES string of the molecule is Cn1nc2ccc(NS(=O)(=O)c3cc(Cl)ccc3Cl)cc2n1. The minimum Gasteiger partial charge on any atom is -0.280 e. The van der Waals surface area contributed by atoms with Crippen LogP contribution in [0.4, 0.5) is 5.69 Å². The molecule has 0 fully saturated rings. The Morgan fingerprint density at radius 1 is 1.05 bits per heavy atom. The first-order valence-electron chi connectivity index (χ1n) is 6.14. The second-order valence-corrected chi connectivity index (χ2v) is 7.07. The van der Waals surface area contributed by atoms with E-state index in [1.165, 1.54) is 23.0 Å². The van der Waals surface area contributed by atoms with Gasteiger partial charge in [0, 0.05) is 12.1 Å². The molecule has 0 aliphatic carbocycles. The first-order valence-corrected chi connectivity index (χ1v) is 8.38. The van der Waals surface area contributed by atoms with Gasteiger partial charge in [0.2, 0.25) is 0 Å². The van der Waals surface area contributed by atoms with E-state index in [1.54, 1.807) is 25.2 Å². The van der Waals surface area contributed by atoms with Crippen molar-refractivity contribution in [1.82, 2.24) is 15.0 Å². The molecule has 2 aromatic carbocycles. The average molecular weight is 357 g/mol. The number of anilines is 1. The maximum atomic E-state index is 12.4. The summed E-state index contributed by atoms with van der Waals surface area (Å²) in [7, 11) is -2.16. The van der Waals surface area contributed by atoms with Gasteiger partial charge in [0.25, 0.3) is 10.0 Å². The van der Waals surface area contributed by atoms with Gasteiger partial charge in [0.1, 0.15) is 15.9 Å². The molecule has 0 spiro atoms. The van der Waals surface area contributed by atoms with E-state index >= 15 is 0 Å². The zero-order valence-electron chi connectivity index (χ0n) is 11.3. The monoisotopic (exact) mass is 356 g/mol. The normalized spacial score (nSPS) is 11.8. The number of aryl methyl sites for hydroxylation is 1. The summed E-state index contributed by atoms with van der Waals surface area (Å²) in [6.07, 6.45) is 0. The molecule has 0 amide bonds. The lowest BCUT2D eigenvalue weighted by Crippen LogP contribution is -2.13. The van der Waals surface area contributed by atoms with Crippen molar-refractivity contribution in [2.75, 3.05) is 4.72 Å². The number of hydrogen-bond acceptors (Lipinski definition) is 4. The molecule has 0 bridgehead atoms. The van der Waals surface area contributed by atoms with Gasteiger partial charge in [-0.05, 0) is 36.4 Å². The van der Waals surface area contributed by atoms with Crippen molar-refractivity contribution in [3.8, 4) is 0 Å². The van der Waals surface area contributed by atoms with Crippen LogP contribution in [0.15, 0.2) is 41.3 Å². The summed E-state index contributed by atoms with van der Waals surface area (Å²) in [6.45, 7) is 0. The van der Waals surface area contributed by atoms with Crippen molar-refractivity contribution in [2.24, 2.45) is 7.05 Å². The molecule has 22 heavy (non-hydrogen) atoms. The van der Waals surface area contributed by atoms with Gasteiger partial charge in [0.05, 0.1) is 10.7 Å². The van der Waals surface area contributed by atoms with Crippen molar-refractivity contribution in [3.05, 3.63) is 46.4 Å². The molecule has 0 saturated carbocycles. The number of fused-ring (bicyclic) bond motifs is 1. The zero-order valence-corrected chi connectivity index (χ0v) is 13.6. The molecule has 114 valence electrons. The Morgan fingerprint density at radius 3 is 2.55 bits per heavy atom. The maximum Gasteiger partial charge on any atom is 0.263 e. The van der Waals surface area contributed by atoms with E-state index < -0.39 is 10.0 Å². The van der Waals surface area contributed by atoms with Crippen LogP contribution in [0.3, 0.4) is 0 Å². The Hall–Kier alpha value is -1.83. The van der Waals surface area contributed by atoms with Crippen LogP contribution in [-0.2, 0) is 17.1 Å². The maximum absolute atomic E-state index is 12.4. The lowest BCUT2D eigenvalue weighted by atomic mass is 10.3. The van der Waals surface area contributed by atoms with Crippen LogP contribution < -0.4 is 4.72 Å². The largest absolute Gasteiger partial charge is 0.280 e. The number of sulfonamides is 1. The molecule has 0 aliphatic rings. The fourth-order valence-electron chi connectivity index (χ4n) is 1.98. The number of benzene rings is 2. The molecule has 0 unspecified atom stereocenters. The first kappa shape index (κ1) is 15.1. The van der Waals surface area contributed by atoms with Crippen LogP contribution >= 0.6 is 23.2 Å². The van der Waals surface area contributed by atoms with Gasteiger partial charge < -0.3 is 0 Å². The highest BCUT2D eigenvalue weighted by Crippen LogP contribution is 2.27. The fraction of sp³-hybridized carbons (Fsp3) is 0.0769. The molecule has 6 nitrogen and oxygen atoms in total. The molecule has 0 atom stereocenters. The molecular weight excluding hydrogens is 347 g/mol. The number of rotatable bonds is 3. The molecule has 3 rings (SSSR count). The minimum atomic E-state index is -3.85. The van der Waals surface area contributed by atoms with E-state index in [9.17, 15) is 8.42 Å². The summed E-state index contributed by atoms with van der Waals surface area (Å²) < 4.78 is 27.3. The molecular formula is C13H10Cl2N4O2S. The van der Waals surface area contributed by atoms with Crippen LogP contribution in [-0.4, -0.2) is 23.4 Å². The van der Waals surface area contributed by atoms with E-state index in [2.05, 4.69) is 14.9 Å². The van der Waals surface area contributed by atoms with Crippen molar-refractivity contribution < 1.29 is 8.42 Å². The third kappa shape index (κ3) is 2.87. The van der Waals surface area contributed by atoms with Crippen LogP contribution in [0.25, 0.3) is 11.0 Å². The highest BCUT2D eigenvalue weighted by molar-refractivity contribution is 7.92. The lowest BCUT2D eigenvalue weighted by molar-refractivity contribution is 0.601. The number of hydrogen-bond donors (Lipinski definition) is 1. The van der Waals surface area contributed by atoms with Gasteiger partial charge in [-0.25, -0.2) is 8.42 Å². The number of halogens is 2. The standard InChI is InChI=1S/C13H10Cl2N4O2S/c1-19-16-11-5-3-9(7-12(11)17-19)18-22(20,21)13-6-8(14)2-4-10(13)15/h2-7,18H,1H3. The predicted molar refractivity (Wildman–Crippen MR) is 85.8 cm³/mol. The second-order valence-electron chi connectivity index (χ2n) is 4.57. The van der Waals surface area contributed by atoms with Gasteiger partial charge in [-0.3, -0.25) is 4.72 Å². The van der Waals surface area contributed by atoms with Crippen LogP contribution in [0, 0.1) is 0 Å². The van der Waals surface area contributed by atoms with Gasteiger partial charge in [-0.2, -0.15) is 15.0 Å². The Kier molecular flexibility index (Phi) is 3.72. The molecule has 0 aliphatic heterocycles. The topological polar surface area (TPSA) is 76.9 Å². The highest BCUT2D eigenvalue weighted by Gasteiger charge is 2.19. The van der Waals surface area contributed by atoms with Crippen LogP contribution in [0.2, 0.25) is 10.0 Å². The molecule has 0 saturated heterocycles. The van der Waals surface area contributed by atoms with Crippen molar-refractivity contribution in [1.29, 1.82) is 0 Å². The van der Waals surface area contributed by atoms with E-state index in [-0.39, 0.29) is 14.9 Å². The number of nitrogens with zero attached hydrogens (tertiary/aromatic N) is 3. The molecule has 1 aromatic heterocycles. The molecule has 9 heteroatoms. The first-order chi connectivity index (χ1) is 10.3. The molecule has 1 N–H and O–H groups in total. The summed E-state index contributed by atoms with van der Waals surface area (Å²) in [4.78, 5) is 1.33. The van der Waals surface area contributed by atoms with Gasteiger partial charge in [-0.1, -0.05) is 23.2 Å². The fourth-order valence-corrected chi connectivity index (χ4v) is 3.79. The highest BCUT2D eigenvalue weighted by atomic mass is 35.5. The van der Waals surface area contributed by atoms with Crippen LogP contribution in [0.1, 0.15) is 0 Å². The van der Waals surface area contributed by atoms with Gasteiger partial charge >= 0.3 is 0 Å².